The lowest BCUT2D eigenvalue weighted by Crippen LogP contribution is -2.27. The van der Waals surface area contributed by atoms with E-state index in [4.69, 9.17) is 0 Å². The van der Waals surface area contributed by atoms with E-state index in [0.29, 0.717) is 0 Å². The van der Waals surface area contributed by atoms with Crippen molar-refractivity contribution in [2.24, 2.45) is 7.05 Å². The summed E-state index contributed by atoms with van der Waals surface area (Å²) in [5, 5.41) is 5.01. The number of benzene rings is 2. The first-order chi connectivity index (χ1) is 11.6. The number of nitrogens with one attached hydrogen (secondary N) is 1. The Balaban J connectivity index is 1.70. The molecule has 0 amide bonds. The van der Waals surface area contributed by atoms with Crippen molar-refractivity contribution in [3.8, 4) is 0 Å². The molecule has 4 rings (SSSR count). The minimum absolute atomic E-state index is 0.151. The highest BCUT2D eigenvalue weighted by molar-refractivity contribution is 5.86. The molecule has 3 aromatic rings. The predicted molar refractivity (Wildman–Crippen MR) is 94.3 cm³/mol. The van der Waals surface area contributed by atoms with Crippen LogP contribution in [0, 0.1) is 0 Å². The second-order valence-electron chi connectivity index (χ2n) is 5.98. The van der Waals surface area contributed by atoms with Crippen molar-refractivity contribution in [3.63, 3.8) is 0 Å². The highest BCUT2D eigenvalue weighted by atomic mass is 16.2. The molecule has 1 N–H and O–H groups in total. The summed E-state index contributed by atoms with van der Waals surface area (Å²) in [5.74, 6) is 0.151. The summed E-state index contributed by atoms with van der Waals surface area (Å²) < 4.78 is 2.41. The van der Waals surface area contributed by atoms with Gasteiger partial charge >= 0.3 is 11.4 Å². The zero-order chi connectivity index (χ0) is 16.7. The van der Waals surface area contributed by atoms with Gasteiger partial charge in [-0.3, -0.25) is 0 Å². The Labute approximate surface area is 138 Å². The number of rotatable bonds is 2. The fourth-order valence-corrected chi connectivity index (χ4v) is 3.19. The first-order valence-electron chi connectivity index (χ1n) is 7.87. The van der Waals surface area contributed by atoms with Crippen LogP contribution in [0.4, 0.5) is 0 Å². The summed E-state index contributed by atoms with van der Waals surface area (Å²) in [7, 11) is 1.47. The molecule has 1 aliphatic rings. The van der Waals surface area contributed by atoms with Gasteiger partial charge in [0.05, 0.1) is 6.04 Å². The van der Waals surface area contributed by atoms with Crippen LogP contribution < -0.4 is 11.4 Å². The smallest absolute Gasteiger partial charge is 0.246 e. The fraction of sp³-hybridized carbons (Fsp3) is 0.158. The first kappa shape index (κ1) is 14.5. The Kier molecular flexibility index (Phi) is 3.34. The van der Waals surface area contributed by atoms with E-state index in [-0.39, 0.29) is 17.6 Å². The van der Waals surface area contributed by atoms with Gasteiger partial charge in [0.15, 0.2) is 0 Å². The van der Waals surface area contributed by atoms with E-state index in [0.717, 1.165) is 4.57 Å². The second kappa shape index (κ2) is 5.53. The molecular weight excluding hydrogens is 302 g/mol. The van der Waals surface area contributed by atoms with E-state index in [2.05, 4.69) is 47.6 Å². The van der Waals surface area contributed by atoms with Crippen molar-refractivity contribution in [2.75, 3.05) is 0 Å². The van der Waals surface area contributed by atoms with Crippen molar-refractivity contribution in [3.05, 3.63) is 93.3 Å². The monoisotopic (exact) mass is 319 g/mol. The average molecular weight is 319 g/mol. The summed E-state index contributed by atoms with van der Waals surface area (Å²) in [6, 6.07) is 14.3. The van der Waals surface area contributed by atoms with Crippen LogP contribution >= 0.6 is 0 Å². The lowest BCUT2D eigenvalue weighted by molar-refractivity contribution is 0.585. The SMILES string of the molecule is Cn1c(=O)[nH]n(C2C=CC(c3cccc4ccccc34)C=C2)c1=O. The Morgan fingerprint density at radius 2 is 1.62 bits per heavy atom. The van der Waals surface area contributed by atoms with Crippen LogP contribution in [0.3, 0.4) is 0 Å². The molecule has 0 unspecified atom stereocenters. The molecule has 5 nitrogen and oxygen atoms in total. The average Bonchev–Trinajstić information content (AvgIpc) is 2.89. The number of hydrogen-bond acceptors (Lipinski definition) is 2. The summed E-state index contributed by atoms with van der Waals surface area (Å²) >= 11 is 0. The standard InChI is InChI=1S/C19H17N3O2/c1-21-18(23)20-22(19(21)24)15-11-9-14(10-12-15)17-8-4-6-13-5-2-3-7-16(13)17/h2-12,14-15H,1H3,(H,20,23). The third kappa shape index (κ3) is 2.25. The van der Waals surface area contributed by atoms with Crippen molar-refractivity contribution < 1.29 is 0 Å². The van der Waals surface area contributed by atoms with Gasteiger partial charge in [-0.15, -0.1) is 0 Å². The maximum Gasteiger partial charge on any atom is 0.347 e. The van der Waals surface area contributed by atoms with E-state index in [1.54, 1.807) is 0 Å². The zero-order valence-electron chi connectivity index (χ0n) is 13.2. The number of H-pyrrole nitrogens is 1. The minimum Gasteiger partial charge on any atom is -0.246 e. The highest BCUT2D eigenvalue weighted by Gasteiger charge is 2.17. The molecule has 5 heteroatoms. The van der Waals surface area contributed by atoms with Crippen LogP contribution in [-0.2, 0) is 7.05 Å². The van der Waals surface area contributed by atoms with Crippen molar-refractivity contribution >= 4 is 10.8 Å². The molecule has 24 heavy (non-hydrogen) atoms. The number of allylic oxidation sites excluding steroid dienone is 4. The van der Waals surface area contributed by atoms with Gasteiger partial charge in [0, 0.05) is 13.0 Å². The molecule has 0 atom stereocenters. The molecule has 1 aliphatic carbocycles. The van der Waals surface area contributed by atoms with Gasteiger partial charge in [-0.25, -0.2) is 23.9 Å². The van der Waals surface area contributed by atoms with Gasteiger partial charge in [-0.1, -0.05) is 66.8 Å². The lowest BCUT2D eigenvalue weighted by atomic mass is 9.89. The normalized spacial score (nSPS) is 19.9. The van der Waals surface area contributed by atoms with Crippen LogP contribution in [0.5, 0.6) is 0 Å². The first-order valence-corrected chi connectivity index (χ1v) is 7.87. The van der Waals surface area contributed by atoms with E-state index in [9.17, 15) is 9.59 Å². The van der Waals surface area contributed by atoms with Crippen LogP contribution in [0.25, 0.3) is 10.8 Å². The third-order valence-electron chi connectivity index (χ3n) is 4.53. The second-order valence-corrected chi connectivity index (χ2v) is 5.98. The third-order valence-corrected chi connectivity index (χ3v) is 4.53. The molecule has 120 valence electrons. The quantitative estimate of drug-likeness (QED) is 0.738. The molecule has 1 aromatic heterocycles. The number of nitrogens with zero attached hydrogens (tertiary/aromatic N) is 2. The van der Waals surface area contributed by atoms with Gasteiger partial charge in [0.25, 0.3) is 0 Å². The van der Waals surface area contributed by atoms with Crippen LogP contribution in [-0.4, -0.2) is 14.3 Å². The van der Waals surface area contributed by atoms with Crippen molar-refractivity contribution in [1.82, 2.24) is 14.3 Å². The molecule has 0 bridgehead atoms. The Hall–Kier alpha value is -3.08. The van der Waals surface area contributed by atoms with Gasteiger partial charge in [0.1, 0.15) is 0 Å². The summed E-state index contributed by atoms with van der Waals surface area (Å²) in [6.07, 6.45) is 8.04. The molecule has 0 saturated carbocycles. The van der Waals surface area contributed by atoms with Crippen molar-refractivity contribution in [2.45, 2.75) is 12.0 Å². The maximum absolute atomic E-state index is 12.0. The van der Waals surface area contributed by atoms with E-state index in [1.165, 1.54) is 28.1 Å². The van der Waals surface area contributed by atoms with Crippen LogP contribution in [0.2, 0.25) is 0 Å². The van der Waals surface area contributed by atoms with E-state index >= 15 is 0 Å². The molecule has 0 spiro atoms. The molecular formula is C19H17N3O2. The zero-order valence-corrected chi connectivity index (χ0v) is 13.2. The predicted octanol–water partition coefficient (Wildman–Crippen LogP) is 2.48. The Morgan fingerprint density at radius 3 is 2.33 bits per heavy atom. The summed E-state index contributed by atoms with van der Waals surface area (Å²) in [4.78, 5) is 23.6. The van der Waals surface area contributed by atoms with E-state index < -0.39 is 5.69 Å². The molecule has 0 fully saturated rings. The number of aromatic nitrogens is 3. The Morgan fingerprint density at radius 1 is 0.917 bits per heavy atom. The maximum atomic E-state index is 12.0. The number of fused-ring (bicyclic) bond motifs is 1. The minimum atomic E-state index is -0.405. The fourth-order valence-electron chi connectivity index (χ4n) is 3.19. The molecule has 0 saturated heterocycles. The number of aromatic amines is 1. The van der Waals surface area contributed by atoms with Gasteiger partial charge in [-0.2, -0.15) is 0 Å². The van der Waals surface area contributed by atoms with Crippen molar-refractivity contribution in [1.29, 1.82) is 0 Å². The van der Waals surface area contributed by atoms with E-state index in [1.807, 2.05) is 24.3 Å². The Bertz CT molecular complexity index is 1060. The molecule has 1 heterocycles. The van der Waals surface area contributed by atoms with Crippen LogP contribution in [0.1, 0.15) is 17.5 Å². The molecule has 0 radical (unpaired) electrons. The number of hydrogen-bond donors (Lipinski definition) is 1. The molecule has 0 aliphatic heterocycles. The van der Waals surface area contributed by atoms with Gasteiger partial charge < -0.3 is 0 Å². The van der Waals surface area contributed by atoms with Gasteiger partial charge in [0.2, 0.25) is 0 Å². The van der Waals surface area contributed by atoms with Gasteiger partial charge in [-0.05, 0) is 16.3 Å². The summed E-state index contributed by atoms with van der Waals surface area (Å²) in [5.41, 5.74) is 0.480. The molecule has 2 aromatic carbocycles. The largest absolute Gasteiger partial charge is 0.347 e. The topological polar surface area (TPSA) is 59.8 Å². The highest BCUT2D eigenvalue weighted by Crippen LogP contribution is 2.31. The lowest BCUT2D eigenvalue weighted by Gasteiger charge is -2.18. The summed E-state index contributed by atoms with van der Waals surface area (Å²) in [6.45, 7) is 0. The van der Waals surface area contributed by atoms with Crippen LogP contribution in [0.15, 0.2) is 76.4 Å².